The van der Waals surface area contributed by atoms with Crippen LogP contribution in [0, 0.1) is 28.6 Å². The minimum atomic E-state index is -0.0719. The summed E-state index contributed by atoms with van der Waals surface area (Å²) in [5.74, 6) is 0.734. The molecule has 2 fully saturated rings. The lowest BCUT2D eigenvalue weighted by atomic mass is 9.83. The molecule has 120 valence electrons. The van der Waals surface area contributed by atoms with Crippen molar-refractivity contribution in [1.29, 1.82) is 10.5 Å². The molecule has 1 heterocycles. The highest BCUT2D eigenvalue weighted by atomic mass is 16.2. The van der Waals surface area contributed by atoms with Gasteiger partial charge in [-0.05, 0) is 38.1 Å². The molecule has 1 amide bonds. The van der Waals surface area contributed by atoms with E-state index < -0.39 is 0 Å². The lowest BCUT2D eigenvalue weighted by Gasteiger charge is -2.34. The van der Waals surface area contributed by atoms with Crippen LogP contribution >= 0.6 is 0 Å². The molecule has 0 bridgehead atoms. The van der Waals surface area contributed by atoms with Gasteiger partial charge in [-0.3, -0.25) is 9.69 Å². The van der Waals surface area contributed by atoms with E-state index in [9.17, 15) is 4.79 Å². The maximum atomic E-state index is 12.2. The van der Waals surface area contributed by atoms with Gasteiger partial charge in [-0.15, -0.1) is 0 Å². The zero-order chi connectivity index (χ0) is 15.8. The van der Waals surface area contributed by atoms with E-state index in [1.54, 1.807) is 0 Å². The Morgan fingerprint density at radius 1 is 1.05 bits per heavy atom. The highest BCUT2D eigenvalue weighted by Crippen LogP contribution is 2.34. The molecular weight excluding hydrogens is 276 g/mol. The quantitative estimate of drug-likeness (QED) is 0.706. The van der Waals surface area contributed by atoms with E-state index in [1.165, 1.54) is 49.8 Å². The average Bonchev–Trinajstić information content (AvgIpc) is 3.02. The van der Waals surface area contributed by atoms with Crippen LogP contribution in [0.3, 0.4) is 0 Å². The molecule has 0 spiro atoms. The van der Waals surface area contributed by atoms with Crippen LogP contribution in [0.2, 0.25) is 0 Å². The minimum absolute atomic E-state index is 0.0123. The molecule has 1 atom stereocenters. The number of hydrogen-bond donors (Lipinski definition) is 0. The molecule has 1 saturated heterocycles. The summed E-state index contributed by atoms with van der Waals surface area (Å²) in [5, 5.41) is 17.5. The summed E-state index contributed by atoms with van der Waals surface area (Å²) < 4.78 is 0. The van der Waals surface area contributed by atoms with E-state index in [4.69, 9.17) is 10.5 Å². The van der Waals surface area contributed by atoms with Crippen LogP contribution < -0.4 is 0 Å². The number of carbonyl (C=O) groups is 1. The second-order valence-corrected chi connectivity index (χ2v) is 6.46. The van der Waals surface area contributed by atoms with Crippen LogP contribution in [-0.4, -0.2) is 47.9 Å². The van der Waals surface area contributed by atoms with Gasteiger partial charge in [-0.1, -0.05) is 19.3 Å². The van der Waals surface area contributed by atoms with Gasteiger partial charge in [-0.2, -0.15) is 10.5 Å². The van der Waals surface area contributed by atoms with Crippen molar-refractivity contribution in [2.45, 2.75) is 57.4 Å². The van der Waals surface area contributed by atoms with E-state index in [0.717, 1.165) is 19.0 Å². The fourth-order valence-corrected chi connectivity index (χ4v) is 3.98. The second kappa shape index (κ2) is 8.76. The number of carbonyl (C=O) groups excluding carboxylic acids is 1. The van der Waals surface area contributed by atoms with Gasteiger partial charge < -0.3 is 4.90 Å². The van der Waals surface area contributed by atoms with Gasteiger partial charge in [0, 0.05) is 19.0 Å². The third kappa shape index (κ3) is 4.45. The number of hydrogen-bond acceptors (Lipinski definition) is 4. The normalized spacial score (nSPS) is 22.9. The zero-order valence-corrected chi connectivity index (χ0v) is 13.3. The predicted octanol–water partition coefficient (Wildman–Crippen LogP) is 2.30. The van der Waals surface area contributed by atoms with Crippen LogP contribution in [0.4, 0.5) is 0 Å². The number of amides is 1. The van der Waals surface area contributed by atoms with E-state index in [1.807, 2.05) is 12.1 Å². The van der Waals surface area contributed by atoms with Gasteiger partial charge in [0.15, 0.2) is 0 Å². The van der Waals surface area contributed by atoms with Crippen molar-refractivity contribution >= 4 is 5.91 Å². The first-order valence-corrected chi connectivity index (χ1v) is 8.52. The summed E-state index contributed by atoms with van der Waals surface area (Å²) >= 11 is 0. The first-order valence-electron chi connectivity index (χ1n) is 8.52. The standard InChI is InChI=1S/C17H26N4O/c18-9-13-21(14-10-19)17(22)8-12-20-11-4-7-16(20)15-5-2-1-3-6-15/h15-16H,1-8,11-14H2. The van der Waals surface area contributed by atoms with Crippen LogP contribution in [0.15, 0.2) is 0 Å². The molecule has 5 nitrogen and oxygen atoms in total. The zero-order valence-electron chi connectivity index (χ0n) is 13.3. The maximum Gasteiger partial charge on any atom is 0.225 e. The van der Waals surface area contributed by atoms with Gasteiger partial charge in [0.25, 0.3) is 0 Å². The number of nitrogens with zero attached hydrogens (tertiary/aromatic N) is 4. The molecule has 0 aromatic carbocycles. The Hall–Kier alpha value is -1.59. The Morgan fingerprint density at radius 2 is 1.73 bits per heavy atom. The molecule has 1 saturated carbocycles. The van der Waals surface area contributed by atoms with Crippen LogP contribution in [-0.2, 0) is 4.79 Å². The molecule has 1 unspecified atom stereocenters. The molecule has 2 aliphatic rings. The number of rotatable bonds is 6. The monoisotopic (exact) mass is 302 g/mol. The number of nitriles is 2. The Labute approximate surface area is 133 Å². The van der Waals surface area contributed by atoms with Gasteiger partial charge in [0.1, 0.15) is 13.1 Å². The fraction of sp³-hybridized carbons (Fsp3) is 0.824. The van der Waals surface area contributed by atoms with E-state index >= 15 is 0 Å². The summed E-state index contributed by atoms with van der Waals surface area (Å²) in [4.78, 5) is 16.0. The Kier molecular flexibility index (Phi) is 6.68. The van der Waals surface area contributed by atoms with Crippen molar-refractivity contribution in [3.8, 4) is 12.1 Å². The first-order chi connectivity index (χ1) is 10.8. The Bertz CT molecular complexity index is 429. The average molecular weight is 302 g/mol. The van der Waals surface area contributed by atoms with Gasteiger partial charge in [0.2, 0.25) is 5.91 Å². The molecule has 0 aromatic rings. The maximum absolute atomic E-state index is 12.2. The summed E-state index contributed by atoms with van der Waals surface area (Å²) in [6.07, 6.45) is 9.67. The summed E-state index contributed by atoms with van der Waals surface area (Å²) in [5.41, 5.74) is 0. The van der Waals surface area contributed by atoms with Crippen molar-refractivity contribution in [2.24, 2.45) is 5.92 Å². The van der Waals surface area contributed by atoms with Crippen LogP contribution in [0.5, 0.6) is 0 Å². The molecule has 5 heteroatoms. The van der Waals surface area contributed by atoms with Crippen molar-refractivity contribution in [1.82, 2.24) is 9.80 Å². The van der Waals surface area contributed by atoms with E-state index in [0.29, 0.717) is 12.5 Å². The second-order valence-electron chi connectivity index (χ2n) is 6.46. The van der Waals surface area contributed by atoms with Crippen molar-refractivity contribution in [2.75, 3.05) is 26.2 Å². The van der Waals surface area contributed by atoms with Crippen molar-refractivity contribution < 1.29 is 4.79 Å². The first kappa shape index (κ1) is 16.8. The summed E-state index contributed by atoms with van der Waals surface area (Å²) in [6.45, 7) is 1.88. The largest absolute Gasteiger partial charge is 0.316 e. The van der Waals surface area contributed by atoms with Gasteiger partial charge in [-0.25, -0.2) is 0 Å². The molecule has 0 radical (unpaired) electrons. The SMILES string of the molecule is N#CCN(CC#N)C(=O)CCN1CCCC1C1CCCCC1. The topological polar surface area (TPSA) is 71.1 Å². The molecular formula is C17H26N4O. The predicted molar refractivity (Wildman–Crippen MR) is 83.6 cm³/mol. The highest BCUT2D eigenvalue weighted by Gasteiger charge is 2.32. The summed E-state index contributed by atoms with van der Waals surface area (Å²) in [7, 11) is 0. The highest BCUT2D eigenvalue weighted by molar-refractivity contribution is 5.76. The fourth-order valence-electron chi connectivity index (χ4n) is 3.98. The van der Waals surface area contributed by atoms with Gasteiger partial charge in [0.05, 0.1) is 12.1 Å². The Balaban J connectivity index is 1.83. The summed E-state index contributed by atoms with van der Waals surface area (Å²) in [6, 6.07) is 4.57. The van der Waals surface area contributed by atoms with Crippen LogP contribution in [0.1, 0.15) is 51.4 Å². The van der Waals surface area contributed by atoms with Crippen molar-refractivity contribution in [3.63, 3.8) is 0 Å². The lowest BCUT2D eigenvalue weighted by molar-refractivity contribution is -0.130. The molecule has 1 aliphatic carbocycles. The molecule has 1 aliphatic heterocycles. The van der Waals surface area contributed by atoms with Gasteiger partial charge >= 0.3 is 0 Å². The molecule has 0 aromatic heterocycles. The Morgan fingerprint density at radius 3 is 2.36 bits per heavy atom. The minimum Gasteiger partial charge on any atom is -0.316 e. The van der Waals surface area contributed by atoms with E-state index in [2.05, 4.69) is 4.90 Å². The third-order valence-electron chi connectivity index (χ3n) is 5.10. The van der Waals surface area contributed by atoms with Crippen LogP contribution in [0.25, 0.3) is 0 Å². The van der Waals surface area contributed by atoms with Crippen molar-refractivity contribution in [3.05, 3.63) is 0 Å². The molecule has 0 N–H and O–H groups in total. The molecule has 2 rings (SSSR count). The molecule has 22 heavy (non-hydrogen) atoms. The third-order valence-corrected chi connectivity index (χ3v) is 5.10. The lowest BCUT2D eigenvalue weighted by Crippen LogP contribution is -2.40. The van der Waals surface area contributed by atoms with E-state index in [-0.39, 0.29) is 19.0 Å². The number of likely N-dealkylation sites (tertiary alicyclic amines) is 1. The smallest absolute Gasteiger partial charge is 0.225 e.